The van der Waals surface area contributed by atoms with Crippen LogP contribution in [0.25, 0.3) is 11.6 Å². The maximum absolute atomic E-state index is 12.0. The van der Waals surface area contributed by atoms with Gasteiger partial charge >= 0.3 is 0 Å². The first-order valence-corrected chi connectivity index (χ1v) is 6.31. The van der Waals surface area contributed by atoms with Gasteiger partial charge in [-0.3, -0.25) is 4.79 Å². The molecular weight excluding hydrogens is 266 g/mol. The molecule has 0 fully saturated rings. The number of carbonyl (C=O) groups is 1. The quantitative estimate of drug-likeness (QED) is 0.439. The van der Waals surface area contributed by atoms with Crippen molar-refractivity contribution in [1.82, 2.24) is 4.98 Å². The SMILES string of the molecule is NC(N)=Nc1ccc(C=C2C(=O)Nc3ncccc32)cc1. The minimum atomic E-state index is -0.156. The largest absolute Gasteiger partial charge is 0.370 e. The van der Waals surface area contributed by atoms with E-state index in [9.17, 15) is 4.79 Å². The summed E-state index contributed by atoms with van der Waals surface area (Å²) in [7, 11) is 0. The first kappa shape index (κ1) is 12.9. The number of nitrogens with zero attached hydrogens (tertiary/aromatic N) is 2. The second-order valence-corrected chi connectivity index (χ2v) is 4.54. The number of benzene rings is 1. The zero-order valence-electron chi connectivity index (χ0n) is 11.1. The molecule has 104 valence electrons. The number of amides is 1. The van der Waals surface area contributed by atoms with E-state index in [0.29, 0.717) is 17.1 Å². The lowest BCUT2D eigenvalue weighted by molar-refractivity contribution is -0.110. The van der Waals surface area contributed by atoms with Crippen molar-refractivity contribution in [3.8, 4) is 0 Å². The van der Waals surface area contributed by atoms with Gasteiger partial charge in [0.25, 0.3) is 5.91 Å². The molecule has 6 heteroatoms. The number of nitrogens with one attached hydrogen (secondary N) is 1. The molecule has 0 atom stereocenters. The van der Waals surface area contributed by atoms with E-state index in [0.717, 1.165) is 11.1 Å². The normalized spacial score (nSPS) is 14.7. The number of aromatic nitrogens is 1. The summed E-state index contributed by atoms with van der Waals surface area (Å²) in [6.07, 6.45) is 3.45. The number of pyridine rings is 1. The van der Waals surface area contributed by atoms with Crippen LogP contribution in [0, 0.1) is 0 Å². The first-order chi connectivity index (χ1) is 10.1. The van der Waals surface area contributed by atoms with Crippen LogP contribution in [0.4, 0.5) is 11.5 Å². The van der Waals surface area contributed by atoms with Gasteiger partial charge in [-0.15, -0.1) is 0 Å². The lowest BCUT2D eigenvalue weighted by Gasteiger charge is -1.99. The van der Waals surface area contributed by atoms with Gasteiger partial charge in [0.2, 0.25) is 0 Å². The van der Waals surface area contributed by atoms with Crippen molar-refractivity contribution in [2.24, 2.45) is 16.5 Å². The fourth-order valence-electron chi connectivity index (χ4n) is 2.12. The summed E-state index contributed by atoms with van der Waals surface area (Å²) in [5.41, 5.74) is 13.6. The summed E-state index contributed by atoms with van der Waals surface area (Å²) in [5.74, 6) is 0.444. The van der Waals surface area contributed by atoms with Crippen LogP contribution < -0.4 is 16.8 Å². The highest BCUT2D eigenvalue weighted by molar-refractivity contribution is 6.34. The van der Waals surface area contributed by atoms with Gasteiger partial charge in [0, 0.05) is 11.8 Å². The summed E-state index contributed by atoms with van der Waals surface area (Å²) >= 11 is 0. The Morgan fingerprint density at radius 3 is 2.67 bits per heavy atom. The molecule has 2 heterocycles. The van der Waals surface area contributed by atoms with Crippen molar-refractivity contribution >= 4 is 35.0 Å². The molecule has 1 aliphatic rings. The molecule has 5 N–H and O–H groups in total. The number of hydrogen-bond acceptors (Lipinski definition) is 3. The van der Waals surface area contributed by atoms with Crippen LogP contribution in [0.2, 0.25) is 0 Å². The van der Waals surface area contributed by atoms with Crippen LogP contribution >= 0.6 is 0 Å². The molecule has 21 heavy (non-hydrogen) atoms. The third kappa shape index (κ3) is 2.59. The van der Waals surface area contributed by atoms with E-state index < -0.39 is 0 Å². The van der Waals surface area contributed by atoms with Crippen LogP contribution in [-0.2, 0) is 4.79 Å². The Labute approximate surface area is 121 Å². The number of carbonyl (C=O) groups excluding carboxylic acids is 1. The van der Waals surface area contributed by atoms with Crippen LogP contribution in [-0.4, -0.2) is 16.9 Å². The summed E-state index contributed by atoms with van der Waals surface area (Å²) in [5, 5.41) is 2.73. The molecule has 0 spiro atoms. The number of aliphatic imine (C=N–C) groups is 1. The molecule has 1 aromatic heterocycles. The highest BCUT2D eigenvalue weighted by atomic mass is 16.2. The lowest BCUT2D eigenvalue weighted by Crippen LogP contribution is -2.21. The van der Waals surface area contributed by atoms with E-state index in [2.05, 4.69) is 15.3 Å². The van der Waals surface area contributed by atoms with Crippen molar-refractivity contribution in [2.75, 3.05) is 5.32 Å². The van der Waals surface area contributed by atoms with Crippen LogP contribution in [0.3, 0.4) is 0 Å². The van der Waals surface area contributed by atoms with E-state index >= 15 is 0 Å². The van der Waals surface area contributed by atoms with Gasteiger partial charge in [0.05, 0.1) is 11.3 Å². The van der Waals surface area contributed by atoms with Gasteiger partial charge in [-0.25, -0.2) is 9.98 Å². The summed E-state index contributed by atoms with van der Waals surface area (Å²) in [6.45, 7) is 0. The fourth-order valence-corrected chi connectivity index (χ4v) is 2.12. The number of anilines is 1. The van der Waals surface area contributed by atoms with E-state index in [1.807, 2.05) is 24.3 Å². The van der Waals surface area contributed by atoms with Gasteiger partial charge in [0.15, 0.2) is 5.96 Å². The summed E-state index contributed by atoms with van der Waals surface area (Å²) < 4.78 is 0. The fraction of sp³-hybridized carbons (Fsp3) is 0. The monoisotopic (exact) mass is 279 g/mol. The van der Waals surface area contributed by atoms with Gasteiger partial charge < -0.3 is 16.8 Å². The molecule has 1 amide bonds. The average Bonchev–Trinajstić information content (AvgIpc) is 2.77. The Hall–Kier alpha value is -3.15. The van der Waals surface area contributed by atoms with Crippen LogP contribution in [0.5, 0.6) is 0 Å². The molecule has 0 saturated heterocycles. The zero-order valence-corrected chi connectivity index (χ0v) is 11.1. The first-order valence-electron chi connectivity index (χ1n) is 6.31. The number of nitrogens with two attached hydrogens (primary N) is 2. The van der Waals surface area contributed by atoms with Gasteiger partial charge in [-0.2, -0.15) is 0 Å². The molecule has 1 aromatic carbocycles. The standard InChI is InChI=1S/C15H13N5O/c16-15(17)19-10-5-3-9(4-6-10)8-12-11-2-1-7-18-13(11)20-14(12)21/h1-8H,(H4,16,17,19)(H,18,20,21). The van der Waals surface area contributed by atoms with E-state index in [4.69, 9.17) is 11.5 Å². The average molecular weight is 279 g/mol. The Morgan fingerprint density at radius 1 is 1.19 bits per heavy atom. The van der Waals surface area contributed by atoms with Crippen molar-refractivity contribution in [2.45, 2.75) is 0 Å². The molecule has 0 radical (unpaired) electrons. The maximum atomic E-state index is 12.0. The van der Waals surface area contributed by atoms with E-state index in [-0.39, 0.29) is 11.9 Å². The Balaban J connectivity index is 1.95. The van der Waals surface area contributed by atoms with Gasteiger partial charge in [-0.1, -0.05) is 12.1 Å². The highest BCUT2D eigenvalue weighted by Gasteiger charge is 2.24. The predicted molar refractivity (Wildman–Crippen MR) is 82.6 cm³/mol. The number of hydrogen-bond donors (Lipinski definition) is 3. The van der Waals surface area contributed by atoms with E-state index in [1.165, 1.54) is 0 Å². The second-order valence-electron chi connectivity index (χ2n) is 4.54. The zero-order chi connectivity index (χ0) is 14.8. The maximum Gasteiger partial charge on any atom is 0.257 e. The Morgan fingerprint density at radius 2 is 1.95 bits per heavy atom. The molecule has 3 rings (SSSR count). The lowest BCUT2D eigenvalue weighted by atomic mass is 10.1. The van der Waals surface area contributed by atoms with E-state index in [1.54, 1.807) is 24.4 Å². The minimum Gasteiger partial charge on any atom is -0.370 e. The smallest absolute Gasteiger partial charge is 0.257 e. The van der Waals surface area contributed by atoms with Crippen LogP contribution in [0.15, 0.2) is 47.6 Å². The highest BCUT2D eigenvalue weighted by Crippen LogP contribution is 2.31. The molecule has 6 nitrogen and oxygen atoms in total. The van der Waals surface area contributed by atoms with Gasteiger partial charge in [0.1, 0.15) is 5.82 Å². The molecule has 0 bridgehead atoms. The Kier molecular flexibility index (Phi) is 3.12. The minimum absolute atomic E-state index is 0.0104. The van der Waals surface area contributed by atoms with Crippen molar-refractivity contribution in [3.63, 3.8) is 0 Å². The second kappa shape index (κ2) is 5.09. The number of fused-ring (bicyclic) bond motifs is 1. The predicted octanol–water partition coefficient (Wildman–Crippen LogP) is 1.48. The third-order valence-electron chi connectivity index (χ3n) is 3.04. The molecular formula is C15H13N5O. The summed E-state index contributed by atoms with van der Waals surface area (Å²) in [6, 6.07) is 10.9. The van der Waals surface area contributed by atoms with Crippen molar-refractivity contribution in [3.05, 3.63) is 53.7 Å². The molecule has 1 aliphatic heterocycles. The van der Waals surface area contributed by atoms with Crippen molar-refractivity contribution < 1.29 is 4.79 Å². The van der Waals surface area contributed by atoms with Gasteiger partial charge in [-0.05, 0) is 35.9 Å². The number of guanidine groups is 1. The number of rotatable bonds is 2. The molecule has 0 aliphatic carbocycles. The van der Waals surface area contributed by atoms with Crippen molar-refractivity contribution in [1.29, 1.82) is 0 Å². The van der Waals surface area contributed by atoms with Crippen LogP contribution in [0.1, 0.15) is 11.1 Å². The molecule has 0 saturated carbocycles. The molecule has 0 unspecified atom stereocenters. The Bertz CT molecular complexity index is 758. The summed E-state index contributed by atoms with van der Waals surface area (Å²) in [4.78, 5) is 20.0. The molecule has 2 aromatic rings. The third-order valence-corrected chi connectivity index (χ3v) is 3.04. The topological polar surface area (TPSA) is 106 Å².